The Labute approximate surface area is 177 Å². The van der Waals surface area contributed by atoms with Gasteiger partial charge in [0, 0.05) is 24.2 Å². The van der Waals surface area contributed by atoms with E-state index in [4.69, 9.17) is 0 Å². The molecule has 5 heteroatoms. The minimum absolute atomic E-state index is 0.00711. The van der Waals surface area contributed by atoms with Crippen molar-refractivity contribution < 1.29 is 9.72 Å². The molecule has 5 nitrogen and oxygen atoms in total. The highest BCUT2D eigenvalue weighted by atomic mass is 16.6. The summed E-state index contributed by atoms with van der Waals surface area (Å²) in [6, 6.07) is 15.0. The van der Waals surface area contributed by atoms with Gasteiger partial charge < -0.3 is 5.32 Å². The molecule has 0 aliphatic heterocycles. The molecule has 4 bridgehead atoms. The summed E-state index contributed by atoms with van der Waals surface area (Å²) in [5.41, 5.74) is 3.70. The van der Waals surface area contributed by atoms with Crippen LogP contribution in [0.25, 0.3) is 0 Å². The lowest BCUT2D eigenvalue weighted by molar-refractivity contribution is -0.384. The van der Waals surface area contributed by atoms with Gasteiger partial charge in [-0.05, 0) is 85.8 Å². The lowest BCUT2D eigenvalue weighted by Gasteiger charge is -2.62. The number of nitrogens with zero attached hydrogens (tertiary/aromatic N) is 1. The fourth-order valence-corrected chi connectivity index (χ4v) is 7.01. The minimum Gasteiger partial charge on any atom is -0.351 e. The standard InChI is InChI=1S/C25H28N2O3/c1-17-2-6-21(7-3-17)25-13-18-10-19(14-25)12-24(11-18,15-25)16-26-23(28)20-4-8-22(9-5-20)27(29)30/h2-9,18-19H,10-16H2,1H3,(H,26,28). The Morgan fingerprint density at radius 2 is 1.67 bits per heavy atom. The Kier molecular flexibility index (Phi) is 4.46. The Hall–Kier alpha value is -2.69. The first-order valence-corrected chi connectivity index (χ1v) is 11.0. The highest BCUT2D eigenvalue weighted by Crippen LogP contribution is 2.65. The molecule has 2 aromatic carbocycles. The summed E-state index contributed by atoms with van der Waals surface area (Å²) in [5.74, 6) is 1.37. The molecule has 156 valence electrons. The predicted octanol–water partition coefficient (Wildman–Crippen LogP) is 5.17. The van der Waals surface area contributed by atoms with Gasteiger partial charge in [-0.3, -0.25) is 14.9 Å². The first-order valence-electron chi connectivity index (χ1n) is 11.0. The highest BCUT2D eigenvalue weighted by molar-refractivity contribution is 5.94. The van der Waals surface area contributed by atoms with Crippen LogP contribution in [0.3, 0.4) is 0 Å². The molecule has 6 rings (SSSR count). The fourth-order valence-electron chi connectivity index (χ4n) is 7.01. The van der Waals surface area contributed by atoms with Crippen LogP contribution in [0.4, 0.5) is 5.69 Å². The molecule has 2 atom stereocenters. The quantitative estimate of drug-likeness (QED) is 0.552. The number of rotatable bonds is 5. The number of non-ortho nitro benzene ring substituents is 1. The monoisotopic (exact) mass is 404 g/mol. The second kappa shape index (κ2) is 6.93. The van der Waals surface area contributed by atoms with Gasteiger partial charge in [-0.1, -0.05) is 29.8 Å². The molecule has 4 fully saturated rings. The van der Waals surface area contributed by atoms with E-state index in [0.29, 0.717) is 12.1 Å². The van der Waals surface area contributed by atoms with Gasteiger partial charge in [0.25, 0.3) is 11.6 Å². The smallest absolute Gasteiger partial charge is 0.269 e. The number of nitrogens with one attached hydrogen (secondary N) is 1. The zero-order valence-electron chi connectivity index (χ0n) is 17.4. The molecule has 1 amide bonds. The van der Waals surface area contributed by atoms with Gasteiger partial charge in [-0.15, -0.1) is 0 Å². The van der Waals surface area contributed by atoms with Gasteiger partial charge in [0.15, 0.2) is 0 Å². The minimum atomic E-state index is -0.443. The SMILES string of the molecule is Cc1ccc(C23CC4CC(CC(CNC(=O)c5ccc([N+](=O)[O-])cc5)(C4)C2)C3)cc1. The first kappa shape index (κ1) is 19.3. The number of amides is 1. The molecule has 0 heterocycles. The van der Waals surface area contributed by atoms with Crippen molar-refractivity contribution in [1.82, 2.24) is 5.32 Å². The third kappa shape index (κ3) is 3.30. The van der Waals surface area contributed by atoms with Gasteiger partial charge in [0.05, 0.1) is 4.92 Å². The normalized spacial score (nSPS) is 31.5. The fraction of sp³-hybridized carbons (Fsp3) is 0.480. The van der Waals surface area contributed by atoms with Crippen LogP contribution in [0.15, 0.2) is 48.5 Å². The van der Waals surface area contributed by atoms with Crippen LogP contribution in [0.1, 0.15) is 60.0 Å². The molecule has 2 aromatic rings. The average Bonchev–Trinajstić information content (AvgIpc) is 2.71. The third-order valence-electron chi connectivity index (χ3n) is 7.81. The van der Waals surface area contributed by atoms with E-state index in [2.05, 4.69) is 36.5 Å². The number of nitro groups is 1. The maximum absolute atomic E-state index is 12.7. The average molecular weight is 405 g/mol. The van der Waals surface area contributed by atoms with Gasteiger partial charge in [0.1, 0.15) is 0 Å². The summed E-state index contributed by atoms with van der Waals surface area (Å²) in [4.78, 5) is 23.1. The molecule has 0 radical (unpaired) electrons. The summed E-state index contributed by atoms with van der Waals surface area (Å²) in [6.45, 7) is 2.84. The molecular formula is C25H28N2O3. The zero-order chi connectivity index (χ0) is 20.9. The molecule has 2 unspecified atom stereocenters. The van der Waals surface area contributed by atoms with Gasteiger partial charge in [-0.2, -0.15) is 0 Å². The Balaban J connectivity index is 1.34. The number of benzene rings is 2. The van der Waals surface area contributed by atoms with Gasteiger partial charge >= 0.3 is 0 Å². The lowest BCUT2D eigenvalue weighted by atomic mass is 9.43. The van der Waals surface area contributed by atoms with E-state index in [1.54, 1.807) is 12.1 Å². The Morgan fingerprint density at radius 3 is 2.27 bits per heavy atom. The van der Waals surface area contributed by atoms with Gasteiger partial charge in [0.2, 0.25) is 0 Å². The van der Waals surface area contributed by atoms with Crippen LogP contribution in [0.2, 0.25) is 0 Å². The molecule has 30 heavy (non-hydrogen) atoms. The van der Waals surface area contributed by atoms with Crippen molar-refractivity contribution in [2.24, 2.45) is 17.3 Å². The van der Waals surface area contributed by atoms with Crippen molar-refractivity contribution >= 4 is 11.6 Å². The van der Waals surface area contributed by atoms with E-state index >= 15 is 0 Å². The third-order valence-corrected chi connectivity index (χ3v) is 7.81. The lowest BCUT2D eigenvalue weighted by Crippen LogP contribution is -2.57. The number of aryl methyl sites for hydroxylation is 1. The summed E-state index contributed by atoms with van der Waals surface area (Å²) in [5, 5.41) is 14.0. The molecule has 4 saturated carbocycles. The Morgan fingerprint density at radius 1 is 1.03 bits per heavy atom. The van der Waals surface area contributed by atoms with Crippen molar-refractivity contribution in [1.29, 1.82) is 0 Å². The first-order chi connectivity index (χ1) is 14.4. The number of nitro benzene ring substituents is 1. The molecule has 4 aliphatic rings. The number of hydrogen-bond acceptors (Lipinski definition) is 3. The van der Waals surface area contributed by atoms with Crippen LogP contribution in [-0.2, 0) is 5.41 Å². The number of carbonyl (C=O) groups excluding carboxylic acids is 1. The molecule has 4 aliphatic carbocycles. The van der Waals surface area contributed by atoms with Crippen molar-refractivity contribution in [2.45, 2.75) is 50.9 Å². The summed E-state index contributed by atoms with van der Waals surface area (Å²) >= 11 is 0. The maximum Gasteiger partial charge on any atom is 0.269 e. The largest absolute Gasteiger partial charge is 0.351 e. The summed E-state index contributed by atoms with van der Waals surface area (Å²) < 4.78 is 0. The molecule has 0 saturated heterocycles. The topological polar surface area (TPSA) is 72.2 Å². The van der Waals surface area contributed by atoms with Crippen LogP contribution in [0, 0.1) is 34.3 Å². The van der Waals surface area contributed by atoms with Crippen molar-refractivity contribution in [3.63, 3.8) is 0 Å². The predicted molar refractivity (Wildman–Crippen MR) is 115 cm³/mol. The van der Waals surface area contributed by atoms with Crippen LogP contribution in [-0.4, -0.2) is 17.4 Å². The summed E-state index contributed by atoms with van der Waals surface area (Å²) in [7, 11) is 0. The van der Waals surface area contributed by atoms with Crippen LogP contribution >= 0.6 is 0 Å². The zero-order valence-corrected chi connectivity index (χ0v) is 17.4. The second-order valence-corrected chi connectivity index (χ2v) is 10.1. The van der Waals surface area contributed by atoms with Crippen LogP contribution < -0.4 is 5.32 Å². The Bertz CT molecular complexity index is 966. The van der Waals surface area contributed by atoms with Crippen molar-refractivity contribution in [3.05, 3.63) is 75.3 Å². The van der Waals surface area contributed by atoms with E-state index in [-0.39, 0.29) is 22.4 Å². The van der Waals surface area contributed by atoms with E-state index in [1.807, 2.05) is 0 Å². The summed E-state index contributed by atoms with van der Waals surface area (Å²) in [6.07, 6.45) is 7.47. The maximum atomic E-state index is 12.7. The molecular weight excluding hydrogens is 376 g/mol. The van der Waals surface area contributed by atoms with E-state index in [9.17, 15) is 14.9 Å². The van der Waals surface area contributed by atoms with Crippen LogP contribution in [0.5, 0.6) is 0 Å². The molecule has 1 N–H and O–H groups in total. The molecule has 0 spiro atoms. The van der Waals surface area contributed by atoms with E-state index in [0.717, 1.165) is 18.3 Å². The van der Waals surface area contributed by atoms with Gasteiger partial charge in [-0.25, -0.2) is 0 Å². The number of hydrogen-bond donors (Lipinski definition) is 1. The second-order valence-electron chi connectivity index (χ2n) is 10.1. The van der Waals surface area contributed by atoms with E-state index in [1.165, 1.54) is 55.4 Å². The number of carbonyl (C=O) groups is 1. The van der Waals surface area contributed by atoms with Crippen molar-refractivity contribution in [2.75, 3.05) is 6.54 Å². The molecule has 0 aromatic heterocycles. The van der Waals surface area contributed by atoms with E-state index < -0.39 is 4.92 Å². The highest BCUT2D eigenvalue weighted by Gasteiger charge is 2.58. The van der Waals surface area contributed by atoms with Crippen molar-refractivity contribution in [3.8, 4) is 0 Å².